The Kier molecular flexibility index (Phi) is 25.2. The summed E-state index contributed by atoms with van der Waals surface area (Å²) in [5, 5.41) is 2.67. The molecular weight excluding hydrogens is 402 g/mol. The first-order valence-electron chi connectivity index (χ1n) is 10.8. The molecule has 2 aromatic rings. The van der Waals surface area contributed by atoms with Gasteiger partial charge in [-0.2, -0.15) is 9.81 Å². The molecule has 2 aromatic carbocycles. The number of hydrogen-bond donors (Lipinski definition) is 3. The lowest BCUT2D eigenvalue weighted by Crippen LogP contribution is -2.27. The summed E-state index contributed by atoms with van der Waals surface area (Å²) < 4.78 is 0. The molecule has 0 aliphatic rings. The zero-order chi connectivity index (χ0) is 25.4. The van der Waals surface area contributed by atoms with Crippen molar-refractivity contribution in [1.82, 2.24) is 5.32 Å². The SMILES string of the molecule is CC(=O)NC(C)C.CC/C=C\c1c(C)cccc1C.CCCc1ccccc1.N=O.N=O. The molecule has 1 amide bonds. The Morgan fingerprint density at radius 1 is 0.906 bits per heavy atom. The van der Waals surface area contributed by atoms with Gasteiger partial charge in [0, 0.05) is 13.0 Å². The van der Waals surface area contributed by atoms with Gasteiger partial charge in [-0.1, -0.05) is 92.1 Å². The first kappa shape index (κ1) is 33.5. The number of benzene rings is 2. The Morgan fingerprint density at radius 3 is 1.75 bits per heavy atom. The predicted octanol–water partition coefficient (Wildman–Crippen LogP) is 7.56. The van der Waals surface area contributed by atoms with Gasteiger partial charge < -0.3 is 5.32 Å². The molecule has 0 saturated carbocycles. The van der Waals surface area contributed by atoms with Gasteiger partial charge in [-0.25, -0.2) is 0 Å². The van der Waals surface area contributed by atoms with E-state index >= 15 is 0 Å². The van der Waals surface area contributed by atoms with Crippen molar-refractivity contribution in [3.8, 4) is 0 Å². The third kappa shape index (κ3) is 20.1. The molecule has 0 heterocycles. The van der Waals surface area contributed by atoms with E-state index in [1.807, 2.05) is 13.8 Å². The largest absolute Gasteiger partial charge is 0.354 e. The molecule has 0 bridgehead atoms. The Labute approximate surface area is 194 Å². The Balaban J connectivity index is -0.000000376. The average molecular weight is 444 g/mol. The molecule has 0 atom stereocenters. The Hall–Kier alpha value is -3.15. The van der Waals surface area contributed by atoms with Gasteiger partial charge in [0.25, 0.3) is 0 Å². The van der Waals surface area contributed by atoms with Crippen molar-refractivity contribution >= 4 is 12.0 Å². The quantitative estimate of drug-likeness (QED) is 0.414. The number of amides is 1. The van der Waals surface area contributed by atoms with Crippen LogP contribution in [0.3, 0.4) is 0 Å². The highest BCUT2D eigenvalue weighted by Crippen LogP contribution is 2.14. The van der Waals surface area contributed by atoms with Gasteiger partial charge in [-0.3, -0.25) is 4.79 Å². The van der Waals surface area contributed by atoms with Crippen LogP contribution in [0.2, 0.25) is 0 Å². The van der Waals surface area contributed by atoms with E-state index < -0.39 is 0 Å². The molecule has 6 nitrogen and oxygen atoms in total. The smallest absolute Gasteiger partial charge is 0.217 e. The minimum atomic E-state index is 0.0370. The lowest BCUT2D eigenvalue weighted by molar-refractivity contribution is -0.119. The van der Waals surface area contributed by atoms with Crippen LogP contribution < -0.4 is 5.32 Å². The standard InChI is InChI=1S/C12H16.C9H12.C5H11NO.2HNO/c1-4-5-9-12-10(2)7-6-8-11(12)3;1-2-6-9-7-4-3-5-8-9;1-4(2)6-5(3)7;2*1-2/h5-9H,4H2,1-3H3;3-5,7-8H,2,6H2,1H3;4H,1-3H3,(H,6,7);2*1H/b9-5-;;;;. The van der Waals surface area contributed by atoms with Crippen LogP contribution in [0.15, 0.2) is 54.6 Å². The topological polar surface area (TPSA) is 111 Å². The summed E-state index contributed by atoms with van der Waals surface area (Å²) in [4.78, 5) is 25.1. The fraction of sp³-hybridized carbons (Fsp3) is 0.423. The molecule has 0 saturated heterocycles. The highest BCUT2D eigenvalue weighted by atomic mass is 16.2. The minimum absolute atomic E-state index is 0.0370. The zero-order valence-electron chi connectivity index (χ0n) is 20.7. The van der Waals surface area contributed by atoms with Gasteiger partial charge in [0.15, 0.2) is 0 Å². The van der Waals surface area contributed by atoms with Crippen LogP contribution >= 0.6 is 0 Å². The molecule has 3 N–H and O–H groups in total. The van der Waals surface area contributed by atoms with Crippen LogP contribution in [0.5, 0.6) is 0 Å². The van der Waals surface area contributed by atoms with Crippen LogP contribution in [0.1, 0.15) is 69.7 Å². The molecular formula is C26H41N3O3. The average Bonchev–Trinajstić information content (AvgIpc) is 2.77. The molecule has 6 heteroatoms. The van der Waals surface area contributed by atoms with Crippen molar-refractivity contribution in [3.63, 3.8) is 0 Å². The van der Waals surface area contributed by atoms with E-state index in [1.165, 1.54) is 42.0 Å². The fourth-order valence-electron chi connectivity index (χ4n) is 2.67. The highest BCUT2D eigenvalue weighted by Gasteiger charge is 1.95. The lowest BCUT2D eigenvalue weighted by Gasteiger charge is -2.03. The molecule has 0 aliphatic heterocycles. The van der Waals surface area contributed by atoms with E-state index in [1.54, 1.807) is 0 Å². The Morgan fingerprint density at radius 2 is 1.41 bits per heavy atom. The van der Waals surface area contributed by atoms with Crippen LogP contribution in [0, 0.1) is 34.8 Å². The molecule has 0 unspecified atom stereocenters. The van der Waals surface area contributed by atoms with E-state index in [-0.39, 0.29) is 11.9 Å². The molecule has 2 rings (SSSR count). The third-order valence-corrected chi connectivity index (χ3v) is 3.94. The number of carbonyl (C=O) groups excluding carboxylic acids is 1. The van der Waals surface area contributed by atoms with Gasteiger partial charge in [-0.05, 0) is 62.8 Å². The second-order valence-corrected chi connectivity index (χ2v) is 7.21. The first-order chi connectivity index (χ1) is 15.3. The molecule has 0 aromatic heterocycles. The molecule has 0 fully saturated rings. The second kappa shape index (κ2) is 24.1. The number of nitroso groups, excluding NO2 is 2. The molecule has 0 spiro atoms. The fourth-order valence-corrected chi connectivity index (χ4v) is 2.67. The first-order valence-corrected chi connectivity index (χ1v) is 10.8. The number of aryl methyl sites for hydroxylation is 3. The number of nitrogens with one attached hydrogen (secondary N) is 3. The molecule has 32 heavy (non-hydrogen) atoms. The van der Waals surface area contributed by atoms with Crippen LogP contribution in [0.25, 0.3) is 6.08 Å². The van der Waals surface area contributed by atoms with E-state index in [9.17, 15) is 4.79 Å². The zero-order valence-corrected chi connectivity index (χ0v) is 20.7. The summed E-state index contributed by atoms with van der Waals surface area (Å²) in [7, 11) is 0. The number of hydrogen-bond acceptors (Lipinski definition) is 5. The van der Waals surface area contributed by atoms with Crippen molar-refractivity contribution in [2.75, 3.05) is 0 Å². The van der Waals surface area contributed by atoms with E-state index in [0.29, 0.717) is 0 Å². The van der Waals surface area contributed by atoms with Gasteiger partial charge in [0.2, 0.25) is 5.91 Å². The maximum absolute atomic E-state index is 10.1. The van der Waals surface area contributed by atoms with Crippen molar-refractivity contribution in [2.24, 2.45) is 0 Å². The summed E-state index contributed by atoms with van der Waals surface area (Å²) >= 11 is 0. The summed E-state index contributed by atoms with van der Waals surface area (Å²) in [6, 6.07) is 17.3. The summed E-state index contributed by atoms with van der Waals surface area (Å²) in [5.74, 6) is 0.0370. The Bertz CT molecular complexity index is 710. The van der Waals surface area contributed by atoms with Gasteiger partial charge in [0.1, 0.15) is 0 Å². The molecule has 0 radical (unpaired) electrons. The van der Waals surface area contributed by atoms with Crippen LogP contribution in [-0.2, 0) is 11.2 Å². The van der Waals surface area contributed by atoms with E-state index in [0.717, 1.165) is 6.42 Å². The molecule has 0 aliphatic carbocycles. The maximum atomic E-state index is 10.1. The molecule has 178 valence electrons. The number of carbonyl (C=O) groups is 1. The van der Waals surface area contributed by atoms with Crippen molar-refractivity contribution < 1.29 is 4.79 Å². The summed E-state index contributed by atoms with van der Waals surface area (Å²) in [5.41, 5.74) is 14.5. The van der Waals surface area contributed by atoms with Gasteiger partial charge in [-0.15, -0.1) is 0 Å². The monoisotopic (exact) mass is 443 g/mol. The number of allylic oxidation sites excluding steroid dienone is 1. The third-order valence-electron chi connectivity index (χ3n) is 3.94. The van der Waals surface area contributed by atoms with Gasteiger partial charge >= 0.3 is 0 Å². The van der Waals surface area contributed by atoms with Crippen molar-refractivity contribution in [3.05, 3.63) is 86.7 Å². The second-order valence-electron chi connectivity index (χ2n) is 7.21. The maximum Gasteiger partial charge on any atom is 0.217 e. The lowest BCUT2D eigenvalue weighted by atomic mass is 10.0. The van der Waals surface area contributed by atoms with Crippen molar-refractivity contribution in [2.45, 2.75) is 73.8 Å². The normalized spacial score (nSPS) is 9.00. The predicted molar refractivity (Wildman–Crippen MR) is 137 cm³/mol. The number of rotatable bonds is 5. The summed E-state index contributed by atoms with van der Waals surface area (Å²) in [6.45, 7) is 14.0. The van der Waals surface area contributed by atoms with Crippen LogP contribution in [-0.4, -0.2) is 11.9 Å². The van der Waals surface area contributed by atoms with Crippen molar-refractivity contribution in [1.29, 1.82) is 11.2 Å². The summed E-state index contributed by atoms with van der Waals surface area (Å²) in [6.07, 6.45) is 7.97. The van der Waals surface area contributed by atoms with E-state index in [4.69, 9.17) is 9.81 Å². The minimum Gasteiger partial charge on any atom is -0.354 e. The highest BCUT2D eigenvalue weighted by molar-refractivity contribution is 5.73. The van der Waals surface area contributed by atoms with Gasteiger partial charge in [0.05, 0.1) is 0 Å². The van der Waals surface area contributed by atoms with E-state index in [2.05, 4.69) is 105 Å². The van der Waals surface area contributed by atoms with Crippen LogP contribution in [0.4, 0.5) is 0 Å².